The number of hydrogen-bond acceptors (Lipinski definition) is 1. The van der Waals surface area contributed by atoms with Gasteiger partial charge in [0.2, 0.25) is 0 Å². The van der Waals surface area contributed by atoms with Crippen molar-refractivity contribution in [2.24, 2.45) is 7.05 Å². The van der Waals surface area contributed by atoms with Crippen molar-refractivity contribution < 1.29 is 0 Å². The fourth-order valence-electron chi connectivity index (χ4n) is 1.48. The highest BCUT2D eigenvalue weighted by molar-refractivity contribution is 9.10. The lowest BCUT2D eigenvalue weighted by atomic mass is 10.0. The number of halogens is 1. The molecule has 0 aliphatic rings. The van der Waals surface area contributed by atoms with Gasteiger partial charge in [-0.05, 0) is 34.0 Å². The minimum absolute atomic E-state index is 1.02. The molecule has 72 valence electrons. The third-order valence-electron chi connectivity index (χ3n) is 2.30. The second kappa shape index (κ2) is 3.58. The van der Waals surface area contributed by atoms with Gasteiger partial charge < -0.3 is 0 Å². The number of benzene rings is 1. The maximum atomic E-state index is 4.20. The molecule has 14 heavy (non-hydrogen) atoms. The van der Waals surface area contributed by atoms with E-state index >= 15 is 0 Å². The monoisotopic (exact) mass is 250 g/mol. The molecule has 0 atom stereocenters. The molecule has 1 aromatic carbocycles. The van der Waals surface area contributed by atoms with Gasteiger partial charge in [0.25, 0.3) is 0 Å². The van der Waals surface area contributed by atoms with Crippen LogP contribution in [0.15, 0.2) is 35.1 Å². The molecule has 0 bridgehead atoms. The third-order valence-corrected chi connectivity index (χ3v) is 3.24. The number of aryl methyl sites for hydroxylation is 2. The molecule has 0 aliphatic carbocycles. The van der Waals surface area contributed by atoms with Crippen molar-refractivity contribution in [2.75, 3.05) is 0 Å². The average molecular weight is 251 g/mol. The molecular formula is C11H11BrN2. The zero-order chi connectivity index (χ0) is 10.1. The number of aromatic nitrogens is 2. The van der Waals surface area contributed by atoms with Gasteiger partial charge in [-0.25, -0.2) is 0 Å². The summed E-state index contributed by atoms with van der Waals surface area (Å²) in [6.07, 6.45) is 1.88. The smallest absolute Gasteiger partial charge is 0.111 e. The van der Waals surface area contributed by atoms with Crippen LogP contribution in [-0.2, 0) is 7.05 Å². The van der Waals surface area contributed by atoms with Gasteiger partial charge in [0, 0.05) is 12.6 Å². The Kier molecular flexibility index (Phi) is 2.42. The standard InChI is InChI=1S/C11H11BrN2/c1-8-5-3-4-6-9(8)10-7-13-14(2)11(10)12/h3-7H,1-2H3. The first-order chi connectivity index (χ1) is 6.70. The molecule has 2 rings (SSSR count). The van der Waals surface area contributed by atoms with Crippen LogP contribution in [0.5, 0.6) is 0 Å². The Balaban J connectivity index is 2.60. The van der Waals surface area contributed by atoms with E-state index in [1.165, 1.54) is 11.1 Å². The van der Waals surface area contributed by atoms with Crippen molar-refractivity contribution in [3.05, 3.63) is 40.6 Å². The molecule has 0 saturated heterocycles. The van der Waals surface area contributed by atoms with Crippen molar-refractivity contribution in [1.29, 1.82) is 0 Å². The second-order valence-electron chi connectivity index (χ2n) is 3.29. The maximum absolute atomic E-state index is 4.20. The average Bonchev–Trinajstić information content (AvgIpc) is 2.49. The van der Waals surface area contributed by atoms with E-state index in [4.69, 9.17) is 0 Å². The molecule has 2 nitrogen and oxygen atoms in total. The molecule has 0 saturated carbocycles. The van der Waals surface area contributed by atoms with Crippen LogP contribution in [0.3, 0.4) is 0 Å². The number of rotatable bonds is 1. The van der Waals surface area contributed by atoms with E-state index in [0.29, 0.717) is 0 Å². The van der Waals surface area contributed by atoms with Crippen molar-refractivity contribution in [3.8, 4) is 11.1 Å². The Hall–Kier alpha value is -1.09. The summed E-state index contributed by atoms with van der Waals surface area (Å²) in [5, 5.41) is 4.20. The van der Waals surface area contributed by atoms with Crippen LogP contribution in [-0.4, -0.2) is 9.78 Å². The van der Waals surface area contributed by atoms with Crippen LogP contribution in [0, 0.1) is 6.92 Å². The van der Waals surface area contributed by atoms with E-state index in [2.05, 4.69) is 40.1 Å². The lowest BCUT2D eigenvalue weighted by Gasteiger charge is -2.03. The molecule has 0 N–H and O–H groups in total. The van der Waals surface area contributed by atoms with E-state index in [9.17, 15) is 0 Å². The highest BCUT2D eigenvalue weighted by Gasteiger charge is 2.08. The highest BCUT2D eigenvalue weighted by Crippen LogP contribution is 2.29. The molecule has 2 aromatic rings. The first-order valence-corrected chi connectivity index (χ1v) is 5.23. The molecule has 0 unspecified atom stereocenters. The summed E-state index contributed by atoms with van der Waals surface area (Å²) in [4.78, 5) is 0. The highest BCUT2D eigenvalue weighted by atomic mass is 79.9. The van der Waals surface area contributed by atoms with Crippen molar-refractivity contribution >= 4 is 15.9 Å². The molecular weight excluding hydrogens is 240 g/mol. The SMILES string of the molecule is Cc1ccccc1-c1cnn(C)c1Br. The van der Waals surface area contributed by atoms with Crippen LogP contribution < -0.4 is 0 Å². The predicted molar refractivity (Wildman–Crippen MR) is 61.1 cm³/mol. The van der Waals surface area contributed by atoms with Gasteiger partial charge in [-0.2, -0.15) is 5.10 Å². The minimum Gasteiger partial charge on any atom is -0.261 e. The van der Waals surface area contributed by atoms with Crippen LogP contribution >= 0.6 is 15.9 Å². The van der Waals surface area contributed by atoms with Gasteiger partial charge >= 0.3 is 0 Å². The topological polar surface area (TPSA) is 17.8 Å². The molecule has 1 aromatic heterocycles. The van der Waals surface area contributed by atoms with Crippen molar-refractivity contribution in [3.63, 3.8) is 0 Å². The largest absolute Gasteiger partial charge is 0.261 e. The summed E-state index contributed by atoms with van der Waals surface area (Å²) in [5.74, 6) is 0. The Morgan fingerprint density at radius 3 is 2.50 bits per heavy atom. The quantitative estimate of drug-likeness (QED) is 0.761. The zero-order valence-corrected chi connectivity index (χ0v) is 9.75. The van der Waals surface area contributed by atoms with Gasteiger partial charge in [-0.15, -0.1) is 0 Å². The summed E-state index contributed by atoms with van der Waals surface area (Å²) in [6, 6.07) is 8.30. The van der Waals surface area contributed by atoms with Crippen molar-refractivity contribution in [2.45, 2.75) is 6.92 Å². The summed E-state index contributed by atoms with van der Waals surface area (Å²) in [7, 11) is 1.92. The van der Waals surface area contributed by atoms with Crippen LogP contribution in [0.1, 0.15) is 5.56 Å². The molecule has 0 fully saturated rings. The Bertz CT molecular complexity index is 460. The fraction of sp³-hybridized carbons (Fsp3) is 0.182. The number of hydrogen-bond donors (Lipinski definition) is 0. The number of nitrogens with zero attached hydrogens (tertiary/aromatic N) is 2. The first kappa shape index (κ1) is 9.46. The van der Waals surface area contributed by atoms with Crippen LogP contribution in [0.2, 0.25) is 0 Å². The summed E-state index contributed by atoms with van der Waals surface area (Å²) < 4.78 is 2.84. The molecule has 0 radical (unpaired) electrons. The molecule has 0 spiro atoms. The normalized spacial score (nSPS) is 10.5. The fourth-order valence-corrected chi connectivity index (χ4v) is 1.89. The Morgan fingerprint density at radius 1 is 1.21 bits per heavy atom. The summed E-state index contributed by atoms with van der Waals surface area (Å²) >= 11 is 3.52. The zero-order valence-electron chi connectivity index (χ0n) is 8.16. The second-order valence-corrected chi connectivity index (χ2v) is 4.04. The van der Waals surface area contributed by atoms with Gasteiger partial charge in [-0.3, -0.25) is 4.68 Å². The third kappa shape index (κ3) is 1.48. The van der Waals surface area contributed by atoms with E-state index < -0.39 is 0 Å². The van der Waals surface area contributed by atoms with E-state index in [1.54, 1.807) is 0 Å². The Labute approximate surface area is 91.7 Å². The van der Waals surface area contributed by atoms with Crippen LogP contribution in [0.4, 0.5) is 0 Å². The molecule has 3 heteroatoms. The predicted octanol–water partition coefficient (Wildman–Crippen LogP) is 3.16. The van der Waals surface area contributed by atoms with Gasteiger partial charge in [0.05, 0.1) is 6.20 Å². The molecule has 1 heterocycles. The minimum atomic E-state index is 1.02. The molecule has 0 amide bonds. The van der Waals surface area contributed by atoms with Gasteiger partial charge in [0.1, 0.15) is 4.60 Å². The molecule has 0 aliphatic heterocycles. The summed E-state index contributed by atoms with van der Waals surface area (Å²) in [6.45, 7) is 2.11. The van der Waals surface area contributed by atoms with E-state index in [1.807, 2.05) is 30.1 Å². The van der Waals surface area contributed by atoms with E-state index in [-0.39, 0.29) is 0 Å². The first-order valence-electron chi connectivity index (χ1n) is 4.43. The van der Waals surface area contributed by atoms with Crippen molar-refractivity contribution in [1.82, 2.24) is 9.78 Å². The lowest BCUT2D eigenvalue weighted by Crippen LogP contribution is -1.89. The van der Waals surface area contributed by atoms with Crippen LogP contribution in [0.25, 0.3) is 11.1 Å². The maximum Gasteiger partial charge on any atom is 0.111 e. The Morgan fingerprint density at radius 2 is 1.93 bits per heavy atom. The lowest BCUT2D eigenvalue weighted by molar-refractivity contribution is 0.750. The van der Waals surface area contributed by atoms with Gasteiger partial charge in [-0.1, -0.05) is 24.3 Å². The van der Waals surface area contributed by atoms with E-state index in [0.717, 1.165) is 10.2 Å². The summed E-state index contributed by atoms with van der Waals surface area (Å²) in [5.41, 5.74) is 3.64. The van der Waals surface area contributed by atoms with Gasteiger partial charge in [0.15, 0.2) is 0 Å².